The lowest BCUT2D eigenvalue weighted by Gasteiger charge is -2.37. The van der Waals surface area contributed by atoms with Crippen LogP contribution in [0.2, 0.25) is 0 Å². The molecule has 0 aromatic carbocycles. The zero-order valence-corrected chi connectivity index (χ0v) is 7.01. The summed E-state index contributed by atoms with van der Waals surface area (Å²) in [6.07, 6.45) is 7.38. The highest BCUT2D eigenvalue weighted by molar-refractivity contribution is 4.98. The fraction of sp³-hybridized carbons (Fsp3) is 1.00. The van der Waals surface area contributed by atoms with Crippen molar-refractivity contribution >= 4 is 0 Å². The predicted molar refractivity (Wildman–Crippen MR) is 44.4 cm³/mol. The van der Waals surface area contributed by atoms with E-state index >= 15 is 0 Å². The Labute approximate surface area is 68.1 Å². The molecule has 1 aliphatic carbocycles. The molecular formula is C9H17NO. The third kappa shape index (κ3) is 1.18. The molecule has 2 fully saturated rings. The van der Waals surface area contributed by atoms with Gasteiger partial charge >= 0.3 is 0 Å². The molecule has 1 aliphatic heterocycles. The summed E-state index contributed by atoms with van der Waals surface area (Å²) in [5.41, 5.74) is 6.13. The van der Waals surface area contributed by atoms with E-state index in [1.165, 1.54) is 38.5 Å². The minimum Gasteiger partial charge on any atom is -0.373 e. The van der Waals surface area contributed by atoms with Crippen LogP contribution >= 0.6 is 0 Å². The minimum absolute atomic E-state index is 0.109. The lowest BCUT2D eigenvalue weighted by molar-refractivity contribution is -0.0824. The molecule has 0 bridgehead atoms. The number of nitrogens with two attached hydrogens (primary N) is 1. The first-order chi connectivity index (χ1) is 5.33. The smallest absolute Gasteiger partial charge is 0.0832 e. The van der Waals surface area contributed by atoms with Crippen molar-refractivity contribution in [1.82, 2.24) is 0 Å². The van der Waals surface area contributed by atoms with Gasteiger partial charge in [-0.2, -0.15) is 0 Å². The van der Waals surface area contributed by atoms with Crippen molar-refractivity contribution in [3.63, 3.8) is 0 Å². The lowest BCUT2D eigenvalue weighted by Crippen LogP contribution is -2.47. The van der Waals surface area contributed by atoms with Crippen LogP contribution in [0.15, 0.2) is 0 Å². The van der Waals surface area contributed by atoms with Gasteiger partial charge in [-0.05, 0) is 38.5 Å². The van der Waals surface area contributed by atoms with Gasteiger partial charge in [-0.25, -0.2) is 0 Å². The maximum Gasteiger partial charge on any atom is 0.0832 e. The molecule has 0 aromatic heterocycles. The van der Waals surface area contributed by atoms with Crippen molar-refractivity contribution in [2.45, 2.75) is 50.2 Å². The van der Waals surface area contributed by atoms with E-state index in [2.05, 4.69) is 0 Å². The largest absolute Gasteiger partial charge is 0.373 e. The van der Waals surface area contributed by atoms with Gasteiger partial charge in [0.25, 0.3) is 0 Å². The molecule has 0 aromatic rings. The summed E-state index contributed by atoms with van der Waals surface area (Å²) in [6.45, 7) is 0.938. The molecule has 2 rings (SSSR count). The van der Waals surface area contributed by atoms with Crippen molar-refractivity contribution in [3.05, 3.63) is 0 Å². The Morgan fingerprint density at radius 2 is 2.00 bits per heavy atom. The van der Waals surface area contributed by atoms with Crippen molar-refractivity contribution in [3.8, 4) is 0 Å². The SMILES string of the molecule is N[C@@H]1CCC[C@]12CCCCO2. The third-order valence-electron chi connectivity index (χ3n) is 3.17. The van der Waals surface area contributed by atoms with Gasteiger partial charge < -0.3 is 10.5 Å². The van der Waals surface area contributed by atoms with Gasteiger partial charge in [0.05, 0.1) is 5.60 Å². The molecular weight excluding hydrogens is 138 g/mol. The van der Waals surface area contributed by atoms with E-state index in [0.29, 0.717) is 6.04 Å². The van der Waals surface area contributed by atoms with E-state index in [1.807, 2.05) is 0 Å². The molecule has 1 saturated heterocycles. The molecule has 11 heavy (non-hydrogen) atoms. The van der Waals surface area contributed by atoms with E-state index in [-0.39, 0.29) is 5.60 Å². The van der Waals surface area contributed by atoms with Gasteiger partial charge in [0.2, 0.25) is 0 Å². The van der Waals surface area contributed by atoms with Crippen LogP contribution in [0.25, 0.3) is 0 Å². The molecule has 1 spiro atoms. The van der Waals surface area contributed by atoms with Crippen LogP contribution < -0.4 is 5.73 Å². The summed E-state index contributed by atoms with van der Waals surface area (Å²) in [5.74, 6) is 0. The number of rotatable bonds is 0. The Morgan fingerprint density at radius 3 is 2.55 bits per heavy atom. The van der Waals surface area contributed by atoms with Crippen LogP contribution in [0.5, 0.6) is 0 Å². The van der Waals surface area contributed by atoms with Crippen LogP contribution in [-0.4, -0.2) is 18.2 Å². The van der Waals surface area contributed by atoms with E-state index in [1.54, 1.807) is 0 Å². The Morgan fingerprint density at radius 1 is 1.18 bits per heavy atom. The predicted octanol–water partition coefficient (Wildman–Crippen LogP) is 1.44. The molecule has 1 saturated carbocycles. The van der Waals surface area contributed by atoms with E-state index in [4.69, 9.17) is 10.5 Å². The van der Waals surface area contributed by atoms with Crippen LogP contribution in [-0.2, 0) is 4.74 Å². The second-order valence-corrected chi connectivity index (χ2v) is 3.87. The van der Waals surface area contributed by atoms with Crippen molar-refractivity contribution in [2.24, 2.45) is 5.73 Å². The summed E-state index contributed by atoms with van der Waals surface area (Å²) in [7, 11) is 0. The molecule has 2 nitrogen and oxygen atoms in total. The molecule has 2 heteroatoms. The molecule has 0 unspecified atom stereocenters. The first kappa shape index (κ1) is 7.56. The number of hydrogen-bond acceptors (Lipinski definition) is 2. The number of hydrogen-bond donors (Lipinski definition) is 1. The fourth-order valence-electron chi connectivity index (χ4n) is 2.43. The highest BCUT2D eigenvalue weighted by Crippen LogP contribution is 2.38. The van der Waals surface area contributed by atoms with Gasteiger partial charge in [0.15, 0.2) is 0 Å². The summed E-state index contributed by atoms with van der Waals surface area (Å²) in [4.78, 5) is 0. The molecule has 64 valence electrons. The topological polar surface area (TPSA) is 35.2 Å². The third-order valence-corrected chi connectivity index (χ3v) is 3.17. The van der Waals surface area contributed by atoms with E-state index in [0.717, 1.165) is 6.61 Å². The second-order valence-electron chi connectivity index (χ2n) is 3.87. The van der Waals surface area contributed by atoms with E-state index < -0.39 is 0 Å². The minimum atomic E-state index is 0.109. The maximum atomic E-state index is 6.02. The maximum absolute atomic E-state index is 6.02. The van der Waals surface area contributed by atoms with Crippen molar-refractivity contribution in [1.29, 1.82) is 0 Å². The highest BCUT2D eigenvalue weighted by atomic mass is 16.5. The normalized spacial score (nSPS) is 45.0. The first-order valence-corrected chi connectivity index (χ1v) is 4.73. The summed E-state index contributed by atoms with van der Waals surface area (Å²) < 4.78 is 5.81. The van der Waals surface area contributed by atoms with Gasteiger partial charge in [-0.1, -0.05) is 0 Å². The van der Waals surface area contributed by atoms with Gasteiger partial charge in [0.1, 0.15) is 0 Å². The zero-order valence-electron chi connectivity index (χ0n) is 7.01. The summed E-state index contributed by atoms with van der Waals surface area (Å²) in [6, 6.07) is 0.322. The summed E-state index contributed by atoms with van der Waals surface area (Å²) in [5, 5.41) is 0. The Bertz CT molecular complexity index is 140. The molecule has 0 amide bonds. The number of ether oxygens (including phenoxy) is 1. The zero-order chi connectivity index (χ0) is 7.73. The van der Waals surface area contributed by atoms with Gasteiger partial charge in [-0.15, -0.1) is 0 Å². The Hall–Kier alpha value is -0.0800. The molecule has 1 heterocycles. The average molecular weight is 155 g/mol. The van der Waals surface area contributed by atoms with Crippen molar-refractivity contribution < 1.29 is 4.74 Å². The quantitative estimate of drug-likeness (QED) is 0.574. The standard InChI is InChI=1S/C9H17NO/c10-8-4-3-6-9(8)5-1-2-7-11-9/h8H,1-7,10H2/t8-,9-/m1/s1. The monoisotopic (exact) mass is 155 g/mol. The first-order valence-electron chi connectivity index (χ1n) is 4.73. The van der Waals surface area contributed by atoms with Gasteiger partial charge in [-0.3, -0.25) is 0 Å². The molecule has 2 atom stereocenters. The van der Waals surface area contributed by atoms with E-state index in [9.17, 15) is 0 Å². The average Bonchev–Trinajstić information content (AvgIpc) is 2.36. The lowest BCUT2D eigenvalue weighted by atomic mass is 9.89. The van der Waals surface area contributed by atoms with Crippen LogP contribution in [0.4, 0.5) is 0 Å². The fourth-order valence-corrected chi connectivity index (χ4v) is 2.43. The van der Waals surface area contributed by atoms with Crippen LogP contribution in [0.1, 0.15) is 38.5 Å². The summed E-state index contributed by atoms with van der Waals surface area (Å²) >= 11 is 0. The van der Waals surface area contributed by atoms with Crippen LogP contribution in [0, 0.1) is 0 Å². The van der Waals surface area contributed by atoms with Crippen molar-refractivity contribution in [2.75, 3.05) is 6.61 Å². The Kier molecular flexibility index (Phi) is 1.90. The highest BCUT2D eigenvalue weighted by Gasteiger charge is 2.42. The van der Waals surface area contributed by atoms with Crippen LogP contribution in [0.3, 0.4) is 0 Å². The van der Waals surface area contributed by atoms with Gasteiger partial charge in [0, 0.05) is 12.6 Å². The Balaban J connectivity index is 2.06. The molecule has 0 radical (unpaired) electrons. The molecule has 2 N–H and O–H groups in total. The molecule has 2 aliphatic rings. The second kappa shape index (κ2) is 2.76.